The zero-order valence-corrected chi connectivity index (χ0v) is 19.1. The first-order valence-electron chi connectivity index (χ1n) is 10.5. The van der Waals surface area contributed by atoms with Crippen molar-refractivity contribution < 1.29 is 4.74 Å². The highest BCUT2D eigenvalue weighted by Crippen LogP contribution is 2.32. The topological polar surface area (TPSA) is 113 Å². The molecule has 33 heavy (non-hydrogen) atoms. The van der Waals surface area contributed by atoms with E-state index in [1.165, 1.54) is 6.33 Å². The van der Waals surface area contributed by atoms with E-state index in [2.05, 4.69) is 34.1 Å². The van der Waals surface area contributed by atoms with Crippen LogP contribution in [-0.2, 0) is 7.05 Å². The number of aromatic nitrogens is 9. The van der Waals surface area contributed by atoms with Gasteiger partial charge in [-0.15, -0.1) is 5.10 Å². The van der Waals surface area contributed by atoms with Crippen molar-refractivity contribution in [3.05, 3.63) is 48.8 Å². The summed E-state index contributed by atoms with van der Waals surface area (Å²) < 4.78 is 10.9. The van der Waals surface area contributed by atoms with Gasteiger partial charge in [0.2, 0.25) is 11.7 Å². The first-order chi connectivity index (χ1) is 15.9. The molecular weight excluding hydrogens is 420 g/mol. The molecule has 1 N–H and O–H groups in total. The van der Waals surface area contributed by atoms with Gasteiger partial charge in [0.25, 0.3) is 0 Å². The van der Waals surface area contributed by atoms with E-state index in [-0.39, 0.29) is 6.04 Å². The molecule has 0 aromatic carbocycles. The minimum absolute atomic E-state index is 0.274. The lowest BCUT2D eigenvalue weighted by Crippen LogP contribution is -2.07. The first-order valence-corrected chi connectivity index (χ1v) is 10.5. The molecule has 0 fully saturated rings. The van der Waals surface area contributed by atoms with E-state index in [9.17, 15) is 0 Å². The number of hydrogen-bond donors (Lipinski definition) is 1. The summed E-state index contributed by atoms with van der Waals surface area (Å²) in [5, 5.41) is 12.8. The van der Waals surface area contributed by atoms with Crippen LogP contribution in [0.1, 0.15) is 25.5 Å². The first kappa shape index (κ1) is 20.6. The number of nitrogens with one attached hydrogen (secondary N) is 1. The number of fused-ring (bicyclic) bond motifs is 1. The van der Waals surface area contributed by atoms with Gasteiger partial charge in [-0.3, -0.25) is 4.68 Å². The quantitative estimate of drug-likeness (QED) is 0.424. The van der Waals surface area contributed by atoms with Crippen LogP contribution in [-0.4, -0.2) is 51.0 Å². The number of ether oxygens (including phenoxy) is 1. The molecule has 0 spiro atoms. The highest BCUT2D eigenvalue weighted by Gasteiger charge is 2.20. The maximum absolute atomic E-state index is 5.23. The highest BCUT2D eigenvalue weighted by molar-refractivity contribution is 5.84. The predicted molar refractivity (Wildman–Crippen MR) is 123 cm³/mol. The second kappa shape index (κ2) is 8.01. The molecule has 11 heteroatoms. The van der Waals surface area contributed by atoms with Gasteiger partial charge in [-0.2, -0.15) is 5.10 Å². The molecule has 0 aliphatic carbocycles. The van der Waals surface area contributed by atoms with Gasteiger partial charge in [-0.1, -0.05) is 0 Å². The number of imidazole rings is 1. The number of anilines is 2. The third kappa shape index (κ3) is 3.67. The lowest BCUT2D eigenvalue weighted by molar-refractivity contribution is 0.397. The molecular formula is C22H24N10O. The van der Waals surface area contributed by atoms with Crippen LogP contribution in [0.4, 0.5) is 11.6 Å². The summed E-state index contributed by atoms with van der Waals surface area (Å²) in [6.07, 6.45) is 8.97. The Labute approximate surface area is 190 Å². The molecule has 5 rings (SSSR count). The molecule has 5 aromatic rings. The van der Waals surface area contributed by atoms with Crippen molar-refractivity contribution >= 4 is 17.2 Å². The molecule has 11 nitrogen and oxygen atoms in total. The van der Waals surface area contributed by atoms with Crippen molar-refractivity contribution in [2.75, 3.05) is 12.4 Å². The summed E-state index contributed by atoms with van der Waals surface area (Å²) in [6.45, 7) is 6.24. The Hall–Kier alpha value is -4.28. The maximum Gasteiger partial charge on any atom is 0.218 e. The molecule has 0 unspecified atom stereocenters. The van der Waals surface area contributed by atoms with E-state index in [1.54, 1.807) is 19.4 Å². The van der Waals surface area contributed by atoms with E-state index in [4.69, 9.17) is 19.9 Å². The summed E-state index contributed by atoms with van der Waals surface area (Å²) in [6, 6.07) is 4.00. The van der Waals surface area contributed by atoms with Crippen LogP contribution in [0.25, 0.3) is 28.4 Å². The van der Waals surface area contributed by atoms with E-state index in [0.717, 1.165) is 22.3 Å². The number of methoxy groups -OCH3 is 1. The standard InChI is InChI=1S/C22H24N10O/c1-13(2)31-8-6-16(28-31)15-11-32-19(14(15)3)20(26-17-10-18(33-5)25-12-24-17)27-21(29-32)22-23-7-9-30(22)4/h6-13H,1-5H3,(H,24,25,26,27,29). The minimum Gasteiger partial charge on any atom is -0.481 e. The van der Waals surface area contributed by atoms with Crippen molar-refractivity contribution in [2.24, 2.45) is 7.05 Å². The maximum atomic E-state index is 5.23. The van der Waals surface area contributed by atoms with E-state index >= 15 is 0 Å². The summed E-state index contributed by atoms with van der Waals surface area (Å²) in [7, 11) is 3.47. The van der Waals surface area contributed by atoms with Gasteiger partial charge in [0.15, 0.2) is 11.6 Å². The Morgan fingerprint density at radius 1 is 1.09 bits per heavy atom. The van der Waals surface area contributed by atoms with Crippen LogP contribution in [0.2, 0.25) is 0 Å². The molecule has 0 radical (unpaired) electrons. The average molecular weight is 445 g/mol. The highest BCUT2D eigenvalue weighted by atomic mass is 16.5. The fraction of sp³-hybridized carbons (Fsp3) is 0.273. The third-order valence-electron chi connectivity index (χ3n) is 5.42. The number of rotatable bonds is 6. The zero-order valence-electron chi connectivity index (χ0n) is 19.1. The largest absolute Gasteiger partial charge is 0.481 e. The van der Waals surface area contributed by atoms with Crippen molar-refractivity contribution in [3.63, 3.8) is 0 Å². The fourth-order valence-corrected chi connectivity index (χ4v) is 3.66. The van der Waals surface area contributed by atoms with E-state index < -0.39 is 0 Å². The lowest BCUT2D eigenvalue weighted by atomic mass is 10.1. The van der Waals surface area contributed by atoms with Crippen molar-refractivity contribution in [1.82, 2.24) is 43.9 Å². The zero-order chi connectivity index (χ0) is 23.1. The summed E-state index contributed by atoms with van der Waals surface area (Å²) in [5.41, 5.74) is 3.67. The smallest absolute Gasteiger partial charge is 0.218 e. The van der Waals surface area contributed by atoms with Crippen molar-refractivity contribution in [1.29, 1.82) is 0 Å². The lowest BCUT2D eigenvalue weighted by Gasteiger charge is -2.10. The number of hydrogen-bond acceptors (Lipinski definition) is 8. The predicted octanol–water partition coefficient (Wildman–Crippen LogP) is 3.42. The van der Waals surface area contributed by atoms with E-state index in [0.29, 0.717) is 29.2 Å². The SMILES string of the molecule is COc1cc(Nc2nc(-c3nccn3C)nn3cc(-c4ccn(C(C)C)n4)c(C)c23)ncn1. The van der Waals surface area contributed by atoms with Gasteiger partial charge >= 0.3 is 0 Å². The molecule has 0 amide bonds. The Morgan fingerprint density at radius 2 is 1.94 bits per heavy atom. The molecule has 0 aliphatic heterocycles. The van der Waals surface area contributed by atoms with Gasteiger partial charge in [-0.25, -0.2) is 24.5 Å². The van der Waals surface area contributed by atoms with Crippen molar-refractivity contribution in [2.45, 2.75) is 26.8 Å². The van der Waals surface area contributed by atoms with Crippen LogP contribution < -0.4 is 10.1 Å². The Morgan fingerprint density at radius 3 is 2.64 bits per heavy atom. The molecule has 0 atom stereocenters. The summed E-state index contributed by atoms with van der Waals surface area (Å²) in [4.78, 5) is 17.6. The van der Waals surface area contributed by atoms with Gasteiger partial charge < -0.3 is 14.6 Å². The monoisotopic (exact) mass is 444 g/mol. The van der Waals surface area contributed by atoms with Crippen LogP contribution in [0.15, 0.2) is 43.2 Å². The molecule has 0 aliphatic rings. The molecule has 168 valence electrons. The molecule has 5 aromatic heterocycles. The summed E-state index contributed by atoms with van der Waals surface area (Å²) >= 11 is 0. The molecule has 5 heterocycles. The number of aryl methyl sites for hydroxylation is 2. The Balaban J connectivity index is 1.69. The van der Waals surface area contributed by atoms with Crippen LogP contribution in [0.3, 0.4) is 0 Å². The normalized spacial score (nSPS) is 11.5. The van der Waals surface area contributed by atoms with Gasteiger partial charge in [0.1, 0.15) is 17.7 Å². The van der Waals surface area contributed by atoms with Crippen molar-refractivity contribution in [3.8, 4) is 28.8 Å². The molecule has 0 saturated carbocycles. The minimum atomic E-state index is 0.274. The van der Waals surface area contributed by atoms with Gasteiger partial charge in [0.05, 0.1) is 12.8 Å². The summed E-state index contributed by atoms with van der Waals surface area (Å²) in [5.74, 6) is 2.73. The second-order valence-corrected chi connectivity index (χ2v) is 7.95. The van der Waals surface area contributed by atoms with Crippen LogP contribution >= 0.6 is 0 Å². The van der Waals surface area contributed by atoms with Crippen LogP contribution in [0, 0.1) is 6.92 Å². The van der Waals surface area contributed by atoms with Crippen LogP contribution in [0.5, 0.6) is 5.88 Å². The molecule has 0 saturated heterocycles. The Kier molecular flexibility index (Phi) is 5.00. The third-order valence-corrected chi connectivity index (χ3v) is 5.42. The van der Waals surface area contributed by atoms with Gasteiger partial charge in [0, 0.05) is 49.5 Å². The fourth-order valence-electron chi connectivity index (χ4n) is 3.66. The second-order valence-electron chi connectivity index (χ2n) is 7.95. The van der Waals surface area contributed by atoms with E-state index in [1.807, 2.05) is 52.4 Å². The average Bonchev–Trinajstić information content (AvgIpc) is 3.52. The molecule has 0 bridgehead atoms. The number of nitrogens with zero attached hydrogens (tertiary/aromatic N) is 9. The van der Waals surface area contributed by atoms with Gasteiger partial charge in [-0.05, 0) is 32.4 Å². The Bertz CT molecular complexity index is 1440.